The van der Waals surface area contributed by atoms with Gasteiger partial charge in [0, 0.05) is 39.8 Å². The standard InChI is InChI=1S/C10H22N2O.Y/c1-6-12(7-2,8-3)9(4)10(13)11-5;/h9H,6-8H2,1-5H3;/p+1. The maximum atomic E-state index is 11.5. The number of carbonyl (C=O) groups is 1. The van der Waals surface area contributed by atoms with Crippen molar-refractivity contribution in [3.63, 3.8) is 0 Å². The van der Waals surface area contributed by atoms with E-state index in [1.807, 2.05) is 6.92 Å². The van der Waals surface area contributed by atoms with Gasteiger partial charge in [-0.2, -0.15) is 0 Å². The molecule has 1 N–H and O–H groups in total. The van der Waals surface area contributed by atoms with Crippen LogP contribution in [0.3, 0.4) is 0 Å². The van der Waals surface area contributed by atoms with Crippen molar-refractivity contribution in [2.24, 2.45) is 0 Å². The molecule has 1 atom stereocenters. The van der Waals surface area contributed by atoms with Crippen LogP contribution >= 0.6 is 0 Å². The Kier molecular flexibility index (Phi) is 9.41. The van der Waals surface area contributed by atoms with Crippen LogP contribution in [-0.4, -0.2) is 43.1 Å². The van der Waals surface area contributed by atoms with Crippen molar-refractivity contribution >= 4 is 5.91 Å². The van der Waals surface area contributed by atoms with Crippen LogP contribution < -0.4 is 5.32 Å². The van der Waals surface area contributed by atoms with Crippen molar-refractivity contribution in [1.29, 1.82) is 0 Å². The van der Waals surface area contributed by atoms with Gasteiger partial charge in [0.2, 0.25) is 0 Å². The molecule has 0 aromatic heterocycles. The van der Waals surface area contributed by atoms with Crippen LogP contribution in [-0.2, 0) is 37.5 Å². The summed E-state index contributed by atoms with van der Waals surface area (Å²) in [6, 6.07) is 0.0602. The molecule has 0 aliphatic rings. The molecule has 14 heavy (non-hydrogen) atoms. The molecule has 0 aromatic carbocycles. The van der Waals surface area contributed by atoms with E-state index in [9.17, 15) is 4.79 Å². The molecule has 0 saturated carbocycles. The molecule has 0 saturated heterocycles. The number of nitrogens with zero attached hydrogens (tertiary/aromatic N) is 1. The number of nitrogens with one attached hydrogen (secondary N) is 1. The topological polar surface area (TPSA) is 29.1 Å². The Morgan fingerprint density at radius 2 is 1.57 bits per heavy atom. The molecule has 1 amide bonds. The Hall–Kier alpha value is 0.534. The molecule has 0 bridgehead atoms. The average Bonchev–Trinajstić information content (AvgIpc) is 2.20. The van der Waals surface area contributed by atoms with Gasteiger partial charge in [-0.1, -0.05) is 0 Å². The summed E-state index contributed by atoms with van der Waals surface area (Å²) >= 11 is 0. The molecule has 4 heteroatoms. The summed E-state index contributed by atoms with van der Waals surface area (Å²) < 4.78 is 0.875. The minimum absolute atomic E-state index is 0. The molecule has 0 aliphatic heterocycles. The molecule has 0 aliphatic carbocycles. The minimum Gasteiger partial charge on any atom is -0.354 e. The predicted octanol–water partition coefficient (Wildman–Crippen LogP) is 0.995. The Bertz CT molecular complexity index is 161. The van der Waals surface area contributed by atoms with Crippen LogP contribution in [0.25, 0.3) is 0 Å². The minimum atomic E-state index is 0. The number of carbonyl (C=O) groups excluding carboxylic acids is 1. The largest absolute Gasteiger partial charge is 0.354 e. The zero-order valence-corrected chi connectivity index (χ0v) is 13.0. The van der Waals surface area contributed by atoms with Gasteiger partial charge in [-0.15, -0.1) is 0 Å². The molecular formula is C10H23N2OY+. The summed E-state index contributed by atoms with van der Waals surface area (Å²) in [6.45, 7) is 11.5. The third-order valence-electron chi connectivity index (χ3n) is 3.34. The van der Waals surface area contributed by atoms with E-state index >= 15 is 0 Å². The molecule has 3 nitrogen and oxygen atoms in total. The second kappa shape index (κ2) is 7.78. The first kappa shape index (κ1) is 16.9. The van der Waals surface area contributed by atoms with Gasteiger partial charge in [0.25, 0.3) is 5.91 Å². The number of hydrogen-bond acceptors (Lipinski definition) is 1. The van der Waals surface area contributed by atoms with Gasteiger partial charge in [-0.3, -0.25) is 4.79 Å². The van der Waals surface area contributed by atoms with E-state index in [0.29, 0.717) is 0 Å². The van der Waals surface area contributed by atoms with Crippen molar-refractivity contribution in [3.8, 4) is 0 Å². The molecule has 1 unspecified atom stereocenters. The van der Waals surface area contributed by atoms with Gasteiger partial charge < -0.3 is 9.80 Å². The monoisotopic (exact) mass is 276 g/mol. The number of quaternary nitrogens is 1. The number of rotatable bonds is 5. The van der Waals surface area contributed by atoms with E-state index in [4.69, 9.17) is 0 Å². The third kappa shape index (κ3) is 3.60. The van der Waals surface area contributed by atoms with Gasteiger partial charge in [-0.25, -0.2) is 0 Å². The van der Waals surface area contributed by atoms with E-state index in [1.165, 1.54) is 0 Å². The van der Waals surface area contributed by atoms with Gasteiger partial charge in [0.15, 0.2) is 6.04 Å². The van der Waals surface area contributed by atoms with E-state index in [-0.39, 0.29) is 44.7 Å². The molecular weight excluding hydrogens is 253 g/mol. The van der Waals surface area contributed by atoms with E-state index < -0.39 is 0 Å². The Balaban J connectivity index is 0. The zero-order valence-electron chi connectivity index (χ0n) is 10.1. The van der Waals surface area contributed by atoms with Crippen molar-refractivity contribution in [2.45, 2.75) is 33.7 Å². The van der Waals surface area contributed by atoms with Crippen molar-refractivity contribution < 1.29 is 42.0 Å². The Morgan fingerprint density at radius 3 is 1.79 bits per heavy atom. The first-order valence-corrected chi connectivity index (χ1v) is 5.15. The van der Waals surface area contributed by atoms with Gasteiger partial charge in [0.1, 0.15) is 0 Å². The summed E-state index contributed by atoms with van der Waals surface area (Å²) in [7, 11) is 1.70. The fourth-order valence-corrected chi connectivity index (χ4v) is 1.95. The summed E-state index contributed by atoms with van der Waals surface area (Å²) in [5.41, 5.74) is 0. The normalized spacial score (nSPS) is 12.9. The SMILES string of the molecule is CC[N+](CC)(CC)C(C)C(=O)NC.[Y]. The summed E-state index contributed by atoms with van der Waals surface area (Å²) in [6.07, 6.45) is 0. The molecule has 0 spiro atoms. The fraction of sp³-hybridized carbons (Fsp3) is 0.900. The molecule has 0 heterocycles. The Morgan fingerprint density at radius 1 is 1.21 bits per heavy atom. The van der Waals surface area contributed by atoms with Crippen LogP contribution in [0.2, 0.25) is 0 Å². The molecule has 81 valence electrons. The van der Waals surface area contributed by atoms with E-state index in [1.54, 1.807) is 7.05 Å². The first-order valence-electron chi connectivity index (χ1n) is 5.15. The fourth-order valence-electron chi connectivity index (χ4n) is 1.95. The van der Waals surface area contributed by atoms with Crippen LogP contribution in [0.5, 0.6) is 0 Å². The molecule has 0 aromatic rings. The van der Waals surface area contributed by atoms with Crippen molar-refractivity contribution in [2.75, 3.05) is 26.7 Å². The molecule has 0 rings (SSSR count). The average molecular weight is 276 g/mol. The summed E-state index contributed by atoms with van der Waals surface area (Å²) in [5, 5.41) is 2.72. The number of likely N-dealkylation sites (N-methyl/N-ethyl adjacent to an activating group) is 2. The van der Waals surface area contributed by atoms with Gasteiger partial charge in [-0.05, 0) is 27.7 Å². The number of hydrogen-bond donors (Lipinski definition) is 1. The van der Waals surface area contributed by atoms with Gasteiger partial charge >= 0.3 is 0 Å². The second-order valence-electron chi connectivity index (χ2n) is 3.46. The molecule has 1 radical (unpaired) electrons. The quantitative estimate of drug-likeness (QED) is 0.746. The molecule has 0 fully saturated rings. The smallest absolute Gasteiger partial charge is 0.277 e. The van der Waals surface area contributed by atoms with Crippen molar-refractivity contribution in [1.82, 2.24) is 5.32 Å². The first-order chi connectivity index (χ1) is 6.07. The van der Waals surface area contributed by atoms with Crippen LogP contribution in [0.4, 0.5) is 0 Å². The summed E-state index contributed by atoms with van der Waals surface area (Å²) in [4.78, 5) is 11.5. The zero-order chi connectivity index (χ0) is 10.5. The number of amides is 1. The van der Waals surface area contributed by atoms with Crippen LogP contribution in [0.1, 0.15) is 27.7 Å². The van der Waals surface area contributed by atoms with Crippen LogP contribution in [0, 0.1) is 0 Å². The van der Waals surface area contributed by atoms with E-state index in [2.05, 4.69) is 26.1 Å². The summed E-state index contributed by atoms with van der Waals surface area (Å²) in [5.74, 6) is 0.144. The maximum absolute atomic E-state index is 11.5. The Labute approximate surface area is 113 Å². The second-order valence-corrected chi connectivity index (χ2v) is 3.46. The van der Waals surface area contributed by atoms with Crippen LogP contribution in [0.15, 0.2) is 0 Å². The van der Waals surface area contributed by atoms with Crippen molar-refractivity contribution in [3.05, 3.63) is 0 Å². The predicted molar refractivity (Wildman–Crippen MR) is 55.4 cm³/mol. The maximum Gasteiger partial charge on any atom is 0.277 e. The van der Waals surface area contributed by atoms with Gasteiger partial charge in [0.05, 0.1) is 19.6 Å². The third-order valence-corrected chi connectivity index (χ3v) is 3.34. The van der Waals surface area contributed by atoms with E-state index in [0.717, 1.165) is 24.1 Å².